The summed E-state index contributed by atoms with van der Waals surface area (Å²) in [4.78, 5) is 24.5. The van der Waals surface area contributed by atoms with Crippen LogP contribution >= 0.6 is 0 Å². The van der Waals surface area contributed by atoms with Crippen LogP contribution < -0.4 is 5.32 Å². The zero-order valence-corrected chi connectivity index (χ0v) is 50.1. The number of carbonyl (C=O) groups is 2. The maximum atomic E-state index is 12.4. The quantitative estimate of drug-likeness (QED) is 0.0320. The summed E-state index contributed by atoms with van der Waals surface area (Å²) in [5, 5.41) is 23.1. The Hall–Kier alpha value is -1.66. The fraction of sp³-hybridized carbons (Fsp3) is 0.912. The lowest BCUT2D eigenvalue weighted by Gasteiger charge is -2.20. The van der Waals surface area contributed by atoms with Crippen molar-refractivity contribution in [1.82, 2.24) is 5.32 Å². The first-order chi connectivity index (χ1) is 36.5. The normalized spacial score (nSPS) is 12.6. The van der Waals surface area contributed by atoms with Gasteiger partial charge in [0.05, 0.1) is 25.4 Å². The van der Waals surface area contributed by atoms with Gasteiger partial charge in [0.1, 0.15) is 0 Å². The van der Waals surface area contributed by atoms with E-state index in [0.29, 0.717) is 19.4 Å². The van der Waals surface area contributed by atoms with E-state index < -0.39 is 12.1 Å². The van der Waals surface area contributed by atoms with E-state index in [4.69, 9.17) is 4.74 Å². The number of carbonyl (C=O) groups excluding carboxylic acids is 2. The summed E-state index contributed by atoms with van der Waals surface area (Å²) in [6.45, 7) is 4.93. The number of amides is 1. The average Bonchev–Trinajstić information content (AvgIpc) is 3.40. The maximum Gasteiger partial charge on any atom is 0.305 e. The van der Waals surface area contributed by atoms with E-state index in [1.165, 1.54) is 308 Å². The molecule has 6 nitrogen and oxygen atoms in total. The molecule has 2 unspecified atom stereocenters. The third-order valence-corrected chi connectivity index (χ3v) is 15.7. The van der Waals surface area contributed by atoms with Crippen LogP contribution in [0.4, 0.5) is 0 Å². The van der Waals surface area contributed by atoms with Crippen molar-refractivity contribution in [3.8, 4) is 0 Å². The summed E-state index contributed by atoms with van der Waals surface area (Å²) in [5.41, 5.74) is 0. The standard InChI is InChI=1S/C68H131NO5/c1-3-5-7-9-11-13-15-17-18-35-38-42-46-50-54-58-62-68(73)74-63-59-55-51-47-43-39-36-33-31-29-27-25-23-21-19-20-22-24-26-28-30-32-34-37-41-45-49-53-57-61-67(72)69-65(64-70)66(71)60-56-52-48-44-40-16-14-12-10-8-6-4-2/h19,21,56,60,65-66,70-71H,3-18,20,22-55,57-59,61-64H2,1-2H3,(H,69,72)/b21-19-,60-56+. The van der Waals surface area contributed by atoms with E-state index in [0.717, 1.165) is 38.5 Å². The second-order valence-electron chi connectivity index (χ2n) is 23.2. The number of unbranched alkanes of at least 4 members (excludes halogenated alkanes) is 50. The number of hydrogen-bond donors (Lipinski definition) is 3. The zero-order valence-electron chi connectivity index (χ0n) is 50.1. The van der Waals surface area contributed by atoms with Gasteiger partial charge in [-0.2, -0.15) is 0 Å². The van der Waals surface area contributed by atoms with Crippen LogP contribution in [0.25, 0.3) is 0 Å². The molecule has 1 amide bonds. The second kappa shape index (κ2) is 63.9. The summed E-state index contributed by atoms with van der Waals surface area (Å²) in [7, 11) is 0. The SMILES string of the molecule is CCCCCCCCCCCC/C=C/C(O)C(CO)NC(=O)CCCCCCCCCCCCCCC/C=C\CCCCCCCCCCCCCCOC(=O)CCCCCCCCCCCCCCCCCC. The van der Waals surface area contributed by atoms with Gasteiger partial charge < -0.3 is 20.3 Å². The maximum absolute atomic E-state index is 12.4. The molecule has 0 aromatic carbocycles. The minimum atomic E-state index is -0.842. The number of rotatable bonds is 63. The second-order valence-corrected chi connectivity index (χ2v) is 23.2. The molecule has 0 bridgehead atoms. The van der Waals surface area contributed by atoms with Crippen molar-refractivity contribution in [2.75, 3.05) is 13.2 Å². The van der Waals surface area contributed by atoms with Crippen LogP contribution in [0.15, 0.2) is 24.3 Å². The molecule has 0 rings (SSSR count). The van der Waals surface area contributed by atoms with Crippen molar-refractivity contribution in [3.63, 3.8) is 0 Å². The Morgan fingerprint density at radius 1 is 0.365 bits per heavy atom. The molecule has 0 saturated carbocycles. The van der Waals surface area contributed by atoms with E-state index in [1.807, 2.05) is 6.08 Å². The average molecular weight is 1040 g/mol. The van der Waals surface area contributed by atoms with Crippen molar-refractivity contribution in [2.45, 2.75) is 386 Å². The first-order valence-electron chi connectivity index (χ1n) is 33.6. The first-order valence-corrected chi connectivity index (χ1v) is 33.6. The minimum absolute atomic E-state index is 0.0201. The highest BCUT2D eigenvalue weighted by Crippen LogP contribution is 2.18. The lowest BCUT2D eigenvalue weighted by atomic mass is 10.0. The fourth-order valence-electron chi connectivity index (χ4n) is 10.6. The van der Waals surface area contributed by atoms with Gasteiger partial charge in [0, 0.05) is 12.8 Å². The van der Waals surface area contributed by atoms with Gasteiger partial charge in [-0.3, -0.25) is 9.59 Å². The van der Waals surface area contributed by atoms with Crippen molar-refractivity contribution in [3.05, 3.63) is 24.3 Å². The van der Waals surface area contributed by atoms with E-state index in [2.05, 4.69) is 31.3 Å². The van der Waals surface area contributed by atoms with Crippen LogP contribution in [0.1, 0.15) is 373 Å². The number of hydrogen-bond acceptors (Lipinski definition) is 5. The van der Waals surface area contributed by atoms with Crippen LogP contribution in [-0.4, -0.2) is 47.4 Å². The molecule has 0 aliphatic heterocycles. The van der Waals surface area contributed by atoms with Gasteiger partial charge in [0.25, 0.3) is 0 Å². The third-order valence-electron chi connectivity index (χ3n) is 15.7. The predicted molar refractivity (Wildman–Crippen MR) is 324 cm³/mol. The Morgan fingerprint density at radius 3 is 0.959 bits per heavy atom. The van der Waals surface area contributed by atoms with Gasteiger partial charge >= 0.3 is 5.97 Å². The molecule has 0 aliphatic carbocycles. The number of aliphatic hydroxyl groups excluding tert-OH is 2. The van der Waals surface area contributed by atoms with E-state index in [9.17, 15) is 19.8 Å². The molecule has 0 spiro atoms. The lowest BCUT2D eigenvalue weighted by molar-refractivity contribution is -0.143. The monoisotopic (exact) mass is 1040 g/mol. The van der Waals surface area contributed by atoms with Crippen LogP contribution in [0.5, 0.6) is 0 Å². The Bertz CT molecular complexity index is 1150. The highest BCUT2D eigenvalue weighted by molar-refractivity contribution is 5.76. The molecule has 3 N–H and O–H groups in total. The molecular weight excluding hydrogens is 911 g/mol. The van der Waals surface area contributed by atoms with Crippen molar-refractivity contribution in [1.29, 1.82) is 0 Å². The molecule has 0 heterocycles. The van der Waals surface area contributed by atoms with Gasteiger partial charge in [-0.25, -0.2) is 0 Å². The molecule has 0 aliphatic rings. The molecule has 0 aromatic rings. The molecular formula is C68H131NO5. The summed E-state index contributed by atoms with van der Waals surface area (Å²) in [6.07, 6.45) is 79.6. The summed E-state index contributed by atoms with van der Waals surface area (Å²) >= 11 is 0. The molecule has 6 heteroatoms. The predicted octanol–water partition coefficient (Wildman–Crippen LogP) is 21.4. The highest BCUT2D eigenvalue weighted by Gasteiger charge is 2.18. The Balaban J connectivity index is 3.35. The van der Waals surface area contributed by atoms with Gasteiger partial charge in [-0.1, -0.05) is 327 Å². The van der Waals surface area contributed by atoms with Crippen LogP contribution in [0.2, 0.25) is 0 Å². The van der Waals surface area contributed by atoms with Crippen molar-refractivity contribution < 1.29 is 24.5 Å². The van der Waals surface area contributed by atoms with E-state index in [-0.39, 0.29) is 18.5 Å². The number of aliphatic hydroxyl groups is 2. The Kier molecular flexibility index (Phi) is 62.4. The molecule has 0 radical (unpaired) electrons. The van der Waals surface area contributed by atoms with Crippen LogP contribution in [0, 0.1) is 0 Å². The smallest absolute Gasteiger partial charge is 0.305 e. The number of nitrogens with one attached hydrogen (secondary N) is 1. The summed E-state index contributed by atoms with van der Waals surface area (Å²) in [5.74, 6) is -0.0463. The van der Waals surface area contributed by atoms with Gasteiger partial charge in [-0.05, 0) is 57.8 Å². The number of allylic oxidation sites excluding steroid dienone is 3. The molecule has 74 heavy (non-hydrogen) atoms. The molecule has 2 atom stereocenters. The number of esters is 1. The molecule has 438 valence electrons. The minimum Gasteiger partial charge on any atom is -0.466 e. The highest BCUT2D eigenvalue weighted by atomic mass is 16.5. The van der Waals surface area contributed by atoms with Crippen molar-refractivity contribution in [2.24, 2.45) is 0 Å². The molecule has 0 fully saturated rings. The molecule has 0 aromatic heterocycles. The largest absolute Gasteiger partial charge is 0.466 e. The zero-order chi connectivity index (χ0) is 53.6. The van der Waals surface area contributed by atoms with Gasteiger partial charge in [0.15, 0.2) is 0 Å². The van der Waals surface area contributed by atoms with E-state index >= 15 is 0 Å². The lowest BCUT2D eigenvalue weighted by Crippen LogP contribution is -2.45. The van der Waals surface area contributed by atoms with E-state index in [1.54, 1.807) is 6.08 Å². The Labute approximate surface area is 462 Å². The Morgan fingerprint density at radius 2 is 0.635 bits per heavy atom. The van der Waals surface area contributed by atoms with Crippen LogP contribution in [0.3, 0.4) is 0 Å². The summed E-state index contributed by atoms with van der Waals surface area (Å²) in [6, 6.07) is -0.626. The van der Waals surface area contributed by atoms with Crippen LogP contribution in [-0.2, 0) is 14.3 Å². The third kappa shape index (κ3) is 59.6. The van der Waals surface area contributed by atoms with Gasteiger partial charge in [0.2, 0.25) is 5.91 Å². The summed E-state index contributed by atoms with van der Waals surface area (Å²) < 4.78 is 5.50. The first kappa shape index (κ1) is 72.3. The number of ether oxygens (including phenoxy) is 1. The fourth-order valence-corrected chi connectivity index (χ4v) is 10.6. The van der Waals surface area contributed by atoms with Gasteiger partial charge in [-0.15, -0.1) is 0 Å². The topological polar surface area (TPSA) is 95.9 Å². The molecule has 0 saturated heterocycles. The van der Waals surface area contributed by atoms with Crippen molar-refractivity contribution >= 4 is 11.9 Å².